The molecule has 0 aliphatic heterocycles. The number of pyridine rings is 1. The lowest BCUT2D eigenvalue weighted by Crippen LogP contribution is -2.33. The highest BCUT2D eigenvalue weighted by molar-refractivity contribution is 5.94. The average Bonchev–Trinajstić information content (AvgIpc) is 2.37. The summed E-state index contributed by atoms with van der Waals surface area (Å²) in [6, 6.07) is 2.92. The van der Waals surface area contributed by atoms with E-state index in [1.54, 1.807) is 11.8 Å². The van der Waals surface area contributed by atoms with Gasteiger partial charge in [0.2, 0.25) is 0 Å². The molecule has 0 unspecified atom stereocenters. The van der Waals surface area contributed by atoms with E-state index in [-0.39, 0.29) is 11.5 Å². The van der Waals surface area contributed by atoms with Gasteiger partial charge in [0.25, 0.3) is 5.91 Å². The van der Waals surface area contributed by atoms with Crippen molar-refractivity contribution < 1.29 is 14.7 Å². The smallest absolute Gasteiger partial charge is 0.337 e. The van der Waals surface area contributed by atoms with Gasteiger partial charge in [0.15, 0.2) is 0 Å². The van der Waals surface area contributed by atoms with Crippen LogP contribution in [0.2, 0.25) is 0 Å². The van der Waals surface area contributed by atoms with Gasteiger partial charge >= 0.3 is 5.97 Å². The van der Waals surface area contributed by atoms with E-state index in [9.17, 15) is 9.59 Å². The molecular weight excluding hydrogens is 244 g/mol. The zero-order valence-corrected chi connectivity index (χ0v) is 11.6. The SMILES string of the molecule is CCCN(CCC)C(=O)c1ccc(C(=O)O)c(C)n1. The molecule has 5 nitrogen and oxygen atoms in total. The second kappa shape index (κ2) is 6.87. The Morgan fingerprint density at radius 3 is 2.21 bits per heavy atom. The van der Waals surface area contributed by atoms with Crippen LogP contribution in [0.15, 0.2) is 12.1 Å². The Morgan fingerprint density at radius 2 is 1.79 bits per heavy atom. The third-order valence-electron chi connectivity index (χ3n) is 2.81. The highest BCUT2D eigenvalue weighted by Crippen LogP contribution is 2.10. The molecule has 0 aliphatic rings. The molecule has 5 heteroatoms. The summed E-state index contributed by atoms with van der Waals surface area (Å²) in [7, 11) is 0. The molecule has 1 rings (SSSR count). The minimum atomic E-state index is -1.03. The van der Waals surface area contributed by atoms with Crippen molar-refractivity contribution >= 4 is 11.9 Å². The van der Waals surface area contributed by atoms with Crippen LogP contribution in [0.25, 0.3) is 0 Å². The van der Waals surface area contributed by atoms with Gasteiger partial charge in [-0.25, -0.2) is 9.78 Å². The Hall–Kier alpha value is -1.91. The molecule has 1 aromatic rings. The maximum Gasteiger partial charge on any atom is 0.337 e. The van der Waals surface area contributed by atoms with Crippen molar-refractivity contribution in [3.8, 4) is 0 Å². The minimum absolute atomic E-state index is 0.133. The molecule has 0 aromatic carbocycles. The summed E-state index contributed by atoms with van der Waals surface area (Å²) in [5.74, 6) is -1.16. The monoisotopic (exact) mass is 264 g/mol. The fourth-order valence-corrected chi connectivity index (χ4v) is 1.92. The van der Waals surface area contributed by atoms with Gasteiger partial charge < -0.3 is 10.0 Å². The lowest BCUT2D eigenvalue weighted by atomic mass is 10.1. The molecule has 0 bridgehead atoms. The highest BCUT2D eigenvalue weighted by Gasteiger charge is 2.17. The number of carbonyl (C=O) groups is 2. The lowest BCUT2D eigenvalue weighted by molar-refractivity contribution is 0.0691. The summed E-state index contributed by atoms with van der Waals surface area (Å²) in [5, 5.41) is 8.94. The molecule has 0 saturated carbocycles. The van der Waals surface area contributed by atoms with E-state index in [2.05, 4.69) is 4.98 Å². The van der Waals surface area contributed by atoms with E-state index in [4.69, 9.17) is 5.11 Å². The number of aromatic carboxylic acids is 1. The van der Waals surface area contributed by atoms with E-state index in [0.717, 1.165) is 12.8 Å². The number of hydrogen-bond donors (Lipinski definition) is 1. The molecule has 0 atom stereocenters. The summed E-state index contributed by atoms with van der Waals surface area (Å²) < 4.78 is 0. The normalized spacial score (nSPS) is 10.3. The molecule has 19 heavy (non-hydrogen) atoms. The van der Waals surface area contributed by atoms with Crippen LogP contribution < -0.4 is 0 Å². The molecule has 1 amide bonds. The first-order valence-corrected chi connectivity index (χ1v) is 6.51. The van der Waals surface area contributed by atoms with Crippen LogP contribution in [0.1, 0.15) is 53.2 Å². The number of hydrogen-bond acceptors (Lipinski definition) is 3. The predicted octanol–water partition coefficient (Wildman–Crippen LogP) is 2.35. The van der Waals surface area contributed by atoms with Crippen LogP contribution >= 0.6 is 0 Å². The molecule has 0 saturated heterocycles. The number of rotatable bonds is 6. The molecule has 1 heterocycles. The van der Waals surface area contributed by atoms with Crippen molar-refractivity contribution in [1.82, 2.24) is 9.88 Å². The van der Waals surface area contributed by atoms with Gasteiger partial charge in [-0.1, -0.05) is 13.8 Å². The Morgan fingerprint density at radius 1 is 1.21 bits per heavy atom. The van der Waals surface area contributed by atoms with E-state index in [1.807, 2.05) is 13.8 Å². The Labute approximate surface area is 113 Å². The standard InChI is InChI=1S/C14H20N2O3/c1-4-8-16(9-5-2)13(17)12-7-6-11(14(18)19)10(3)15-12/h6-7H,4-5,8-9H2,1-3H3,(H,18,19). The van der Waals surface area contributed by atoms with Crippen LogP contribution in [-0.2, 0) is 0 Å². The van der Waals surface area contributed by atoms with Gasteiger partial charge in [-0.2, -0.15) is 0 Å². The zero-order chi connectivity index (χ0) is 14.4. The van der Waals surface area contributed by atoms with Crippen molar-refractivity contribution in [1.29, 1.82) is 0 Å². The summed E-state index contributed by atoms with van der Waals surface area (Å²) in [6.45, 7) is 7.01. The van der Waals surface area contributed by atoms with Crippen molar-refractivity contribution in [3.05, 3.63) is 29.1 Å². The number of carbonyl (C=O) groups excluding carboxylic acids is 1. The summed E-state index contributed by atoms with van der Waals surface area (Å²) in [5.41, 5.74) is 0.810. The molecule has 0 spiro atoms. The van der Waals surface area contributed by atoms with Crippen LogP contribution in [0.4, 0.5) is 0 Å². The van der Waals surface area contributed by atoms with Crippen LogP contribution in [0.5, 0.6) is 0 Å². The van der Waals surface area contributed by atoms with Crippen LogP contribution in [0, 0.1) is 6.92 Å². The molecule has 104 valence electrons. The number of aryl methyl sites for hydroxylation is 1. The van der Waals surface area contributed by atoms with Gasteiger partial charge in [-0.15, -0.1) is 0 Å². The zero-order valence-electron chi connectivity index (χ0n) is 11.6. The minimum Gasteiger partial charge on any atom is -0.478 e. The number of carboxylic acids is 1. The Bertz CT molecular complexity index is 466. The predicted molar refractivity (Wildman–Crippen MR) is 72.4 cm³/mol. The van der Waals surface area contributed by atoms with Crippen LogP contribution in [-0.4, -0.2) is 40.0 Å². The fraction of sp³-hybridized carbons (Fsp3) is 0.500. The third kappa shape index (κ3) is 3.77. The first kappa shape index (κ1) is 15.1. The fourth-order valence-electron chi connectivity index (χ4n) is 1.92. The topological polar surface area (TPSA) is 70.5 Å². The molecule has 1 N–H and O–H groups in total. The van der Waals surface area contributed by atoms with Gasteiger partial charge in [0.1, 0.15) is 5.69 Å². The van der Waals surface area contributed by atoms with Gasteiger partial charge in [-0.05, 0) is 31.9 Å². The van der Waals surface area contributed by atoms with Crippen molar-refractivity contribution in [2.24, 2.45) is 0 Å². The maximum absolute atomic E-state index is 12.3. The van der Waals surface area contributed by atoms with E-state index >= 15 is 0 Å². The van der Waals surface area contributed by atoms with Gasteiger partial charge in [0.05, 0.1) is 11.3 Å². The van der Waals surface area contributed by atoms with Gasteiger partial charge in [0, 0.05) is 13.1 Å². The number of amides is 1. The average molecular weight is 264 g/mol. The molecular formula is C14H20N2O3. The first-order valence-electron chi connectivity index (χ1n) is 6.51. The Kier molecular flexibility index (Phi) is 5.48. The molecule has 0 aliphatic carbocycles. The first-order chi connectivity index (χ1) is 9.01. The van der Waals surface area contributed by atoms with Crippen molar-refractivity contribution in [2.45, 2.75) is 33.6 Å². The summed E-state index contributed by atoms with van der Waals surface area (Å²) in [6.07, 6.45) is 1.77. The second-order valence-corrected chi connectivity index (χ2v) is 4.43. The van der Waals surface area contributed by atoms with E-state index in [0.29, 0.717) is 24.5 Å². The maximum atomic E-state index is 12.3. The highest BCUT2D eigenvalue weighted by atomic mass is 16.4. The quantitative estimate of drug-likeness (QED) is 0.856. The number of nitrogens with zero attached hydrogens (tertiary/aromatic N) is 2. The number of carboxylic acid groups (broad SMARTS) is 1. The molecule has 0 radical (unpaired) electrons. The van der Waals surface area contributed by atoms with E-state index in [1.165, 1.54) is 12.1 Å². The van der Waals surface area contributed by atoms with Crippen LogP contribution in [0.3, 0.4) is 0 Å². The Balaban J connectivity index is 2.98. The largest absolute Gasteiger partial charge is 0.478 e. The molecule has 0 fully saturated rings. The lowest BCUT2D eigenvalue weighted by Gasteiger charge is -2.21. The van der Waals surface area contributed by atoms with Gasteiger partial charge in [-0.3, -0.25) is 4.79 Å². The number of aromatic nitrogens is 1. The van der Waals surface area contributed by atoms with E-state index < -0.39 is 5.97 Å². The van der Waals surface area contributed by atoms with Crippen molar-refractivity contribution in [2.75, 3.05) is 13.1 Å². The summed E-state index contributed by atoms with van der Waals surface area (Å²) >= 11 is 0. The molecule has 1 aromatic heterocycles. The van der Waals surface area contributed by atoms with Crippen molar-refractivity contribution in [3.63, 3.8) is 0 Å². The second-order valence-electron chi connectivity index (χ2n) is 4.43. The summed E-state index contributed by atoms with van der Waals surface area (Å²) in [4.78, 5) is 29.0. The third-order valence-corrected chi connectivity index (χ3v) is 2.81.